The van der Waals surface area contributed by atoms with Crippen LogP contribution in [-0.4, -0.2) is 5.91 Å². The maximum atomic E-state index is 13.2. The van der Waals surface area contributed by atoms with Gasteiger partial charge in [-0.2, -0.15) is 0 Å². The molecule has 0 aliphatic heterocycles. The Labute approximate surface area is 123 Å². The Morgan fingerprint density at radius 3 is 2.65 bits per heavy atom. The second kappa shape index (κ2) is 5.92. The summed E-state index contributed by atoms with van der Waals surface area (Å²) in [5.41, 5.74) is 12.1. The molecular formula is C14H12BrFN2O2. The van der Waals surface area contributed by atoms with Crippen molar-refractivity contribution in [1.82, 2.24) is 0 Å². The van der Waals surface area contributed by atoms with Gasteiger partial charge in [-0.25, -0.2) is 4.39 Å². The summed E-state index contributed by atoms with van der Waals surface area (Å²) in [7, 11) is 0. The number of benzene rings is 2. The van der Waals surface area contributed by atoms with Crippen LogP contribution in [0.15, 0.2) is 40.9 Å². The number of amides is 1. The topological polar surface area (TPSA) is 78.3 Å². The van der Waals surface area contributed by atoms with E-state index in [1.165, 1.54) is 18.2 Å². The van der Waals surface area contributed by atoms with Crippen LogP contribution >= 0.6 is 15.9 Å². The molecule has 2 aromatic carbocycles. The number of hydrogen-bond donors (Lipinski definition) is 2. The number of hydrogen-bond acceptors (Lipinski definition) is 3. The summed E-state index contributed by atoms with van der Waals surface area (Å²) in [5, 5.41) is 0. The van der Waals surface area contributed by atoms with Crippen LogP contribution in [0.5, 0.6) is 5.75 Å². The van der Waals surface area contributed by atoms with E-state index in [9.17, 15) is 9.18 Å². The zero-order valence-electron chi connectivity index (χ0n) is 10.4. The second-order valence-corrected chi connectivity index (χ2v) is 5.10. The first-order valence-electron chi connectivity index (χ1n) is 5.73. The summed E-state index contributed by atoms with van der Waals surface area (Å²) in [6, 6.07) is 9.03. The van der Waals surface area contributed by atoms with E-state index in [0.717, 1.165) is 0 Å². The average Bonchev–Trinajstić information content (AvgIpc) is 2.36. The van der Waals surface area contributed by atoms with Crippen LogP contribution < -0.4 is 16.2 Å². The Bertz CT molecular complexity index is 641. The average molecular weight is 339 g/mol. The molecule has 4 nitrogen and oxygen atoms in total. The lowest BCUT2D eigenvalue weighted by atomic mass is 10.1. The minimum Gasteiger partial charge on any atom is -0.488 e. The highest BCUT2D eigenvalue weighted by atomic mass is 79.9. The minimum absolute atomic E-state index is 0.112. The first-order valence-corrected chi connectivity index (χ1v) is 6.52. The third-order valence-corrected chi connectivity index (χ3v) is 3.04. The molecule has 20 heavy (non-hydrogen) atoms. The van der Waals surface area contributed by atoms with Gasteiger partial charge in [0.2, 0.25) is 0 Å². The van der Waals surface area contributed by atoms with E-state index in [2.05, 4.69) is 15.9 Å². The van der Waals surface area contributed by atoms with Crippen molar-refractivity contribution in [3.63, 3.8) is 0 Å². The van der Waals surface area contributed by atoms with Gasteiger partial charge in [-0.1, -0.05) is 15.9 Å². The largest absolute Gasteiger partial charge is 0.488 e. The molecule has 2 aromatic rings. The maximum Gasteiger partial charge on any atom is 0.252 e. The molecular weight excluding hydrogens is 327 g/mol. The van der Waals surface area contributed by atoms with Crippen LogP contribution in [0.3, 0.4) is 0 Å². The molecule has 0 aromatic heterocycles. The van der Waals surface area contributed by atoms with Gasteiger partial charge in [0.1, 0.15) is 18.2 Å². The summed E-state index contributed by atoms with van der Waals surface area (Å²) >= 11 is 3.20. The molecule has 0 fully saturated rings. The first kappa shape index (κ1) is 14.3. The highest BCUT2D eigenvalue weighted by molar-refractivity contribution is 9.10. The Balaban J connectivity index is 2.20. The van der Waals surface area contributed by atoms with Gasteiger partial charge in [0.05, 0.1) is 5.56 Å². The van der Waals surface area contributed by atoms with Gasteiger partial charge in [0.25, 0.3) is 5.91 Å². The van der Waals surface area contributed by atoms with E-state index in [1.807, 2.05) is 0 Å². The monoisotopic (exact) mass is 338 g/mol. The molecule has 0 spiro atoms. The van der Waals surface area contributed by atoms with E-state index < -0.39 is 5.91 Å². The zero-order chi connectivity index (χ0) is 14.7. The van der Waals surface area contributed by atoms with Crippen LogP contribution in [0.2, 0.25) is 0 Å². The number of nitrogen functional groups attached to an aromatic ring is 1. The highest BCUT2D eigenvalue weighted by Crippen LogP contribution is 2.23. The maximum absolute atomic E-state index is 13.2. The standard InChI is InChI=1S/C14H12BrFN2O2/c15-9-3-8(4-10(16)5-9)7-20-13-2-1-11(17)6-12(13)14(18)19/h1-6H,7,17H2,(H2,18,19). The van der Waals surface area contributed by atoms with Crippen molar-refractivity contribution in [3.05, 3.63) is 57.8 Å². The number of carbonyl (C=O) groups is 1. The van der Waals surface area contributed by atoms with Gasteiger partial charge in [-0.05, 0) is 42.0 Å². The fraction of sp³-hybridized carbons (Fsp3) is 0.0714. The molecule has 4 N–H and O–H groups in total. The molecule has 0 heterocycles. The molecule has 1 amide bonds. The van der Waals surface area contributed by atoms with Gasteiger partial charge in [-0.15, -0.1) is 0 Å². The van der Waals surface area contributed by atoms with Crippen molar-refractivity contribution in [2.24, 2.45) is 5.73 Å². The van der Waals surface area contributed by atoms with Gasteiger partial charge in [-0.3, -0.25) is 4.79 Å². The van der Waals surface area contributed by atoms with Crippen LogP contribution in [0.1, 0.15) is 15.9 Å². The van der Waals surface area contributed by atoms with Crippen LogP contribution in [0.25, 0.3) is 0 Å². The molecule has 0 saturated heterocycles. The van der Waals surface area contributed by atoms with E-state index in [1.54, 1.807) is 18.2 Å². The fourth-order valence-electron chi connectivity index (χ4n) is 1.72. The molecule has 0 unspecified atom stereocenters. The normalized spacial score (nSPS) is 10.3. The van der Waals surface area contributed by atoms with Crippen molar-refractivity contribution in [2.75, 3.05) is 5.73 Å². The van der Waals surface area contributed by atoms with Crippen LogP contribution in [0, 0.1) is 5.82 Å². The fourth-order valence-corrected chi connectivity index (χ4v) is 2.23. The zero-order valence-corrected chi connectivity index (χ0v) is 12.0. The number of anilines is 1. The third kappa shape index (κ3) is 3.48. The number of carbonyl (C=O) groups excluding carboxylic acids is 1. The Kier molecular flexibility index (Phi) is 4.24. The predicted octanol–water partition coefficient (Wildman–Crippen LogP) is 2.85. The van der Waals surface area contributed by atoms with Gasteiger partial charge >= 0.3 is 0 Å². The van der Waals surface area contributed by atoms with E-state index in [0.29, 0.717) is 21.5 Å². The highest BCUT2D eigenvalue weighted by Gasteiger charge is 2.10. The van der Waals surface area contributed by atoms with Gasteiger partial charge < -0.3 is 16.2 Å². The molecule has 0 radical (unpaired) electrons. The number of nitrogens with two attached hydrogens (primary N) is 2. The van der Waals surface area contributed by atoms with Crippen LogP contribution in [0.4, 0.5) is 10.1 Å². The van der Waals surface area contributed by atoms with Crippen molar-refractivity contribution >= 4 is 27.5 Å². The summed E-state index contributed by atoms with van der Waals surface area (Å²) in [4.78, 5) is 11.3. The minimum atomic E-state index is -0.632. The molecule has 0 aliphatic rings. The molecule has 0 saturated carbocycles. The van der Waals surface area contributed by atoms with Crippen molar-refractivity contribution in [2.45, 2.75) is 6.61 Å². The number of ether oxygens (including phenoxy) is 1. The van der Waals surface area contributed by atoms with Gasteiger partial charge in [0.15, 0.2) is 0 Å². The predicted molar refractivity (Wildman–Crippen MR) is 77.8 cm³/mol. The molecule has 104 valence electrons. The summed E-state index contributed by atoms with van der Waals surface area (Å²) < 4.78 is 19.4. The Morgan fingerprint density at radius 2 is 2.00 bits per heavy atom. The quantitative estimate of drug-likeness (QED) is 0.841. The van der Waals surface area contributed by atoms with Crippen molar-refractivity contribution in [3.8, 4) is 5.75 Å². The van der Waals surface area contributed by atoms with Crippen molar-refractivity contribution in [1.29, 1.82) is 0 Å². The summed E-state index contributed by atoms with van der Waals surface area (Å²) in [6.07, 6.45) is 0. The van der Waals surface area contributed by atoms with E-state index >= 15 is 0 Å². The van der Waals surface area contributed by atoms with E-state index in [-0.39, 0.29) is 18.0 Å². The Morgan fingerprint density at radius 1 is 1.25 bits per heavy atom. The third-order valence-electron chi connectivity index (χ3n) is 2.59. The molecule has 6 heteroatoms. The molecule has 0 atom stereocenters. The first-order chi connectivity index (χ1) is 9.45. The number of rotatable bonds is 4. The lowest BCUT2D eigenvalue weighted by Gasteiger charge is -2.10. The second-order valence-electron chi connectivity index (χ2n) is 4.19. The molecule has 0 aliphatic carbocycles. The van der Waals surface area contributed by atoms with Crippen molar-refractivity contribution < 1.29 is 13.9 Å². The summed E-state index contributed by atoms with van der Waals surface area (Å²) in [5.74, 6) is -0.690. The summed E-state index contributed by atoms with van der Waals surface area (Å²) in [6.45, 7) is 0.112. The number of halogens is 2. The molecule has 2 rings (SSSR count). The Hall–Kier alpha value is -2.08. The van der Waals surface area contributed by atoms with Gasteiger partial charge in [0, 0.05) is 10.2 Å². The van der Waals surface area contributed by atoms with E-state index in [4.69, 9.17) is 16.2 Å². The lowest BCUT2D eigenvalue weighted by Crippen LogP contribution is -2.13. The SMILES string of the molecule is NC(=O)c1cc(N)ccc1OCc1cc(F)cc(Br)c1. The number of primary amides is 1. The molecule has 0 bridgehead atoms. The lowest BCUT2D eigenvalue weighted by molar-refractivity contribution is 0.0996. The smallest absolute Gasteiger partial charge is 0.252 e. The van der Waals surface area contributed by atoms with Crippen LogP contribution in [-0.2, 0) is 6.61 Å².